The van der Waals surface area contributed by atoms with Crippen LogP contribution in [0.3, 0.4) is 0 Å². The molecule has 0 amide bonds. The zero-order chi connectivity index (χ0) is 10.5. The quantitative estimate of drug-likeness (QED) is 0.490. The molecule has 2 N–H and O–H groups in total. The van der Waals surface area contributed by atoms with Crippen molar-refractivity contribution < 1.29 is 19.6 Å². The van der Waals surface area contributed by atoms with Crippen LogP contribution in [0, 0.1) is 0 Å². The van der Waals surface area contributed by atoms with Crippen molar-refractivity contribution in [2.75, 3.05) is 0 Å². The lowest BCUT2D eigenvalue weighted by molar-refractivity contribution is -0.153. The van der Waals surface area contributed by atoms with Gasteiger partial charge >= 0.3 is 13.1 Å². The van der Waals surface area contributed by atoms with E-state index in [1.807, 2.05) is 0 Å². The lowest BCUT2D eigenvalue weighted by Crippen LogP contribution is -2.23. The van der Waals surface area contributed by atoms with Gasteiger partial charge in [0.1, 0.15) is 5.60 Å². The molecule has 0 aromatic carbocycles. The molecule has 0 radical (unpaired) electrons. The van der Waals surface area contributed by atoms with Crippen LogP contribution < -0.4 is 0 Å². The molecular formula is C8H15BO4. The summed E-state index contributed by atoms with van der Waals surface area (Å²) in [5, 5.41) is 16.8. The predicted octanol–water partition coefficient (Wildman–Crippen LogP) is 0.286. The number of carbonyl (C=O) groups is 1. The van der Waals surface area contributed by atoms with Gasteiger partial charge < -0.3 is 14.8 Å². The summed E-state index contributed by atoms with van der Waals surface area (Å²) in [5.74, 6) is 0.730. The van der Waals surface area contributed by atoms with E-state index in [0.29, 0.717) is 0 Å². The minimum Gasteiger partial charge on any atom is -0.460 e. The molecule has 4 nitrogen and oxygen atoms in total. The monoisotopic (exact) mass is 186 g/mol. The van der Waals surface area contributed by atoms with Crippen LogP contribution >= 0.6 is 0 Å². The highest BCUT2D eigenvalue weighted by Gasteiger charge is 2.14. The molecule has 0 aromatic heterocycles. The normalized spacial score (nSPS) is 11.8. The Morgan fingerprint density at radius 3 is 2.38 bits per heavy atom. The fourth-order valence-electron chi connectivity index (χ4n) is 0.669. The van der Waals surface area contributed by atoms with E-state index in [2.05, 4.69) is 0 Å². The minimum absolute atomic E-state index is 0.0505. The fraction of sp³-hybridized carbons (Fsp3) is 0.625. The highest BCUT2D eigenvalue weighted by molar-refractivity contribution is 6.47. The zero-order valence-corrected chi connectivity index (χ0v) is 8.15. The average molecular weight is 186 g/mol. The Labute approximate surface area is 78.4 Å². The summed E-state index contributed by atoms with van der Waals surface area (Å²) in [4.78, 5) is 11.0. The zero-order valence-electron chi connectivity index (χ0n) is 8.15. The van der Waals surface area contributed by atoms with Gasteiger partial charge in [0, 0.05) is 0 Å². The highest BCUT2D eigenvalue weighted by Crippen LogP contribution is 2.08. The third kappa shape index (κ3) is 9.11. The van der Waals surface area contributed by atoms with Crippen molar-refractivity contribution in [3.8, 4) is 0 Å². The van der Waals surface area contributed by atoms with Crippen LogP contribution in [0.25, 0.3) is 0 Å². The van der Waals surface area contributed by atoms with Crippen LogP contribution in [-0.4, -0.2) is 28.7 Å². The number of carbonyl (C=O) groups excluding carboxylic acids is 1. The minimum atomic E-state index is -1.51. The number of esters is 1. The highest BCUT2D eigenvalue weighted by atomic mass is 16.6. The molecule has 74 valence electrons. The Morgan fingerprint density at radius 2 is 2.00 bits per heavy atom. The van der Waals surface area contributed by atoms with E-state index in [9.17, 15) is 4.79 Å². The molecule has 0 saturated heterocycles. The van der Waals surface area contributed by atoms with E-state index >= 15 is 0 Å². The molecule has 0 rings (SSSR count). The lowest BCUT2D eigenvalue weighted by Gasteiger charge is -2.18. The maximum Gasteiger partial charge on any atom is 0.480 e. The van der Waals surface area contributed by atoms with Gasteiger partial charge in [0.2, 0.25) is 0 Å². The van der Waals surface area contributed by atoms with Crippen molar-refractivity contribution in [2.24, 2.45) is 0 Å². The first-order valence-electron chi connectivity index (χ1n) is 4.06. The van der Waals surface area contributed by atoms with E-state index in [0.717, 1.165) is 5.98 Å². The van der Waals surface area contributed by atoms with Crippen molar-refractivity contribution in [1.29, 1.82) is 0 Å². The summed E-state index contributed by atoms with van der Waals surface area (Å²) in [6.45, 7) is 5.32. The molecular weight excluding hydrogens is 171 g/mol. The molecule has 0 fully saturated rings. The third-order valence-electron chi connectivity index (χ3n) is 1.01. The second-order valence-electron chi connectivity index (χ2n) is 3.63. The van der Waals surface area contributed by atoms with Gasteiger partial charge in [-0.05, 0) is 20.8 Å². The Hall–Kier alpha value is -0.805. The van der Waals surface area contributed by atoms with Gasteiger partial charge in [0.05, 0.1) is 6.42 Å². The van der Waals surface area contributed by atoms with E-state index in [-0.39, 0.29) is 12.4 Å². The number of hydrogen-bond acceptors (Lipinski definition) is 4. The first kappa shape index (κ1) is 12.2. The van der Waals surface area contributed by atoms with Crippen molar-refractivity contribution in [2.45, 2.75) is 32.8 Å². The summed E-state index contributed by atoms with van der Waals surface area (Å²) in [6, 6.07) is 0. The molecule has 5 heteroatoms. The Morgan fingerprint density at radius 1 is 1.46 bits per heavy atom. The van der Waals surface area contributed by atoms with Crippen LogP contribution in [0.4, 0.5) is 0 Å². The second-order valence-corrected chi connectivity index (χ2v) is 3.63. The molecule has 0 bridgehead atoms. The van der Waals surface area contributed by atoms with Gasteiger partial charge in [-0.2, -0.15) is 0 Å². The Kier molecular flexibility index (Phi) is 4.73. The Balaban J connectivity index is 3.77. The summed E-state index contributed by atoms with van der Waals surface area (Å²) in [6.07, 6.45) is 1.41. The lowest BCUT2D eigenvalue weighted by atomic mass is 9.91. The van der Waals surface area contributed by atoms with Crippen LogP contribution in [0.15, 0.2) is 12.1 Å². The number of hydrogen-bond donors (Lipinski definition) is 2. The topological polar surface area (TPSA) is 66.8 Å². The van der Waals surface area contributed by atoms with E-state index in [4.69, 9.17) is 14.8 Å². The van der Waals surface area contributed by atoms with Gasteiger partial charge in [-0.25, -0.2) is 0 Å². The van der Waals surface area contributed by atoms with Gasteiger partial charge in [0.15, 0.2) is 0 Å². The predicted molar refractivity (Wildman–Crippen MR) is 49.8 cm³/mol. The van der Waals surface area contributed by atoms with Crippen molar-refractivity contribution in [1.82, 2.24) is 0 Å². The van der Waals surface area contributed by atoms with E-state index in [1.165, 1.54) is 6.08 Å². The first-order valence-corrected chi connectivity index (χ1v) is 4.06. The fourth-order valence-corrected chi connectivity index (χ4v) is 0.669. The molecule has 0 atom stereocenters. The SMILES string of the molecule is CC(C)(C)OC(=O)CC=CB(O)O. The van der Waals surface area contributed by atoms with Crippen molar-refractivity contribution in [3.63, 3.8) is 0 Å². The van der Waals surface area contributed by atoms with E-state index in [1.54, 1.807) is 20.8 Å². The van der Waals surface area contributed by atoms with Crippen LogP contribution in [0.1, 0.15) is 27.2 Å². The Bertz CT molecular complexity index is 193. The molecule has 0 aliphatic carbocycles. The molecule has 0 saturated carbocycles. The number of rotatable bonds is 3. The molecule has 0 aromatic rings. The van der Waals surface area contributed by atoms with Crippen molar-refractivity contribution >= 4 is 13.1 Å². The summed E-state index contributed by atoms with van der Waals surface area (Å²) < 4.78 is 4.97. The van der Waals surface area contributed by atoms with Crippen LogP contribution in [0.5, 0.6) is 0 Å². The standard InChI is InChI=1S/C8H15BO4/c1-8(2,3)13-7(10)5-4-6-9(11)12/h4,6,11-12H,5H2,1-3H3. The molecule has 0 spiro atoms. The number of ether oxygens (including phenoxy) is 1. The summed E-state index contributed by atoms with van der Waals surface area (Å²) >= 11 is 0. The first-order chi connectivity index (χ1) is 5.81. The maximum atomic E-state index is 11.0. The molecule has 13 heavy (non-hydrogen) atoms. The third-order valence-corrected chi connectivity index (χ3v) is 1.01. The molecule has 0 aliphatic rings. The van der Waals surface area contributed by atoms with Gasteiger partial charge in [0.25, 0.3) is 0 Å². The molecule has 0 unspecified atom stereocenters. The molecule has 0 aliphatic heterocycles. The maximum absolute atomic E-state index is 11.0. The van der Waals surface area contributed by atoms with Gasteiger partial charge in [-0.15, -0.1) is 0 Å². The second kappa shape index (κ2) is 5.04. The average Bonchev–Trinajstić information content (AvgIpc) is 1.81. The summed E-state index contributed by atoms with van der Waals surface area (Å²) in [7, 11) is -1.51. The van der Waals surface area contributed by atoms with Gasteiger partial charge in [-0.1, -0.05) is 12.1 Å². The summed E-state index contributed by atoms with van der Waals surface area (Å²) in [5.41, 5.74) is -0.497. The van der Waals surface area contributed by atoms with Gasteiger partial charge in [-0.3, -0.25) is 4.79 Å². The largest absolute Gasteiger partial charge is 0.480 e. The molecule has 0 heterocycles. The van der Waals surface area contributed by atoms with Crippen molar-refractivity contribution in [3.05, 3.63) is 12.1 Å². The van der Waals surface area contributed by atoms with E-state index < -0.39 is 12.7 Å². The van der Waals surface area contributed by atoms with Crippen LogP contribution in [0.2, 0.25) is 0 Å². The van der Waals surface area contributed by atoms with Crippen LogP contribution in [-0.2, 0) is 9.53 Å². The smallest absolute Gasteiger partial charge is 0.460 e.